The van der Waals surface area contributed by atoms with E-state index in [4.69, 9.17) is 11.6 Å². The van der Waals surface area contributed by atoms with Gasteiger partial charge in [-0.25, -0.2) is 0 Å². The zero-order chi connectivity index (χ0) is 16.5. The first-order valence-corrected chi connectivity index (χ1v) is 9.59. The number of benzene rings is 1. The Balaban J connectivity index is 1.89. The number of aromatic nitrogens is 1. The molecule has 0 radical (unpaired) electrons. The van der Waals surface area contributed by atoms with Gasteiger partial charge in [-0.1, -0.05) is 49.1 Å². The van der Waals surface area contributed by atoms with Crippen LogP contribution in [-0.4, -0.2) is 10.6 Å². The van der Waals surface area contributed by atoms with Crippen LogP contribution in [0.3, 0.4) is 0 Å². The summed E-state index contributed by atoms with van der Waals surface area (Å²) in [6, 6.07) is 14.1. The number of hydrogen-bond donors (Lipinski definition) is 1. The van der Waals surface area contributed by atoms with E-state index in [-0.39, 0.29) is 5.43 Å². The van der Waals surface area contributed by atoms with E-state index < -0.39 is 0 Å². The molecule has 3 aromatic rings. The minimum absolute atomic E-state index is 0.0265. The van der Waals surface area contributed by atoms with Gasteiger partial charge in [0.05, 0.1) is 9.72 Å². The maximum Gasteiger partial charge on any atom is 0.192 e. The van der Waals surface area contributed by atoms with Gasteiger partial charge in [0.25, 0.3) is 0 Å². The van der Waals surface area contributed by atoms with Crippen molar-refractivity contribution in [2.75, 3.05) is 5.32 Å². The van der Waals surface area contributed by atoms with Gasteiger partial charge in [-0.2, -0.15) is 0 Å². The molecule has 1 saturated carbocycles. The minimum atomic E-state index is 0.0265. The van der Waals surface area contributed by atoms with Gasteiger partial charge >= 0.3 is 0 Å². The number of pyridine rings is 1. The fraction of sp³-hybridized carbons (Fsp3) is 0.316. The molecule has 3 nitrogen and oxygen atoms in total. The van der Waals surface area contributed by atoms with Crippen LogP contribution in [0, 0.1) is 0 Å². The molecule has 0 aliphatic heterocycles. The zero-order valence-electron chi connectivity index (χ0n) is 13.3. The average Bonchev–Trinajstić information content (AvgIpc) is 2.99. The molecule has 2 aromatic heterocycles. The van der Waals surface area contributed by atoms with E-state index in [9.17, 15) is 4.79 Å². The van der Waals surface area contributed by atoms with Crippen LogP contribution >= 0.6 is 22.9 Å². The number of thiophene rings is 1. The minimum Gasteiger partial charge on any atom is -0.368 e. The number of anilines is 1. The Morgan fingerprint density at radius 3 is 2.58 bits per heavy atom. The zero-order valence-corrected chi connectivity index (χ0v) is 14.9. The molecule has 1 aliphatic rings. The predicted molar refractivity (Wildman–Crippen MR) is 103 cm³/mol. The summed E-state index contributed by atoms with van der Waals surface area (Å²) in [7, 11) is 0. The summed E-state index contributed by atoms with van der Waals surface area (Å²) < 4.78 is 2.77. The smallest absolute Gasteiger partial charge is 0.192 e. The Labute approximate surface area is 149 Å². The van der Waals surface area contributed by atoms with Crippen molar-refractivity contribution in [2.45, 2.75) is 38.1 Å². The van der Waals surface area contributed by atoms with Crippen molar-refractivity contribution in [2.24, 2.45) is 0 Å². The molecular formula is C19H19ClN2OS. The Hall–Kier alpha value is -1.78. The van der Waals surface area contributed by atoms with Crippen molar-refractivity contribution in [3.63, 3.8) is 0 Å². The van der Waals surface area contributed by atoms with Crippen molar-refractivity contribution < 1.29 is 0 Å². The van der Waals surface area contributed by atoms with E-state index in [0.29, 0.717) is 15.8 Å². The third kappa shape index (κ3) is 2.96. The number of rotatable bonds is 3. The highest BCUT2D eigenvalue weighted by molar-refractivity contribution is 7.22. The molecule has 1 fully saturated rings. The topological polar surface area (TPSA) is 34.0 Å². The lowest BCUT2D eigenvalue weighted by molar-refractivity contribution is 0.461. The number of fused-ring (bicyclic) bond motifs is 1. The van der Waals surface area contributed by atoms with Gasteiger partial charge in [0.15, 0.2) is 5.43 Å². The van der Waals surface area contributed by atoms with Crippen molar-refractivity contribution in [3.05, 3.63) is 57.0 Å². The van der Waals surface area contributed by atoms with Crippen molar-refractivity contribution in [3.8, 4) is 5.69 Å². The quantitative estimate of drug-likeness (QED) is 0.675. The van der Waals surface area contributed by atoms with Crippen LogP contribution in [-0.2, 0) is 0 Å². The Kier molecular flexibility index (Phi) is 4.33. The summed E-state index contributed by atoms with van der Waals surface area (Å²) in [6.45, 7) is 0. The first-order valence-electron chi connectivity index (χ1n) is 8.39. The highest BCUT2D eigenvalue weighted by Crippen LogP contribution is 2.32. The molecule has 1 aliphatic carbocycles. The van der Waals surface area contributed by atoms with Crippen LogP contribution in [0.15, 0.2) is 47.3 Å². The molecule has 24 heavy (non-hydrogen) atoms. The summed E-state index contributed by atoms with van der Waals surface area (Å²) in [4.78, 5) is 13.4. The van der Waals surface area contributed by atoms with E-state index in [1.165, 1.54) is 30.6 Å². The SMILES string of the molecule is O=c1cc(NC2CCCCC2)n(-c2ccccc2)c2sc(Cl)cc12. The highest BCUT2D eigenvalue weighted by atomic mass is 35.5. The average molecular weight is 359 g/mol. The number of para-hydroxylation sites is 1. The van der Waals surface area contributed by atoms with Crippen molar-refractivity contribution >= 4 is 39.0 Å². The standard InChI is InChI=1S/C19H19ClN2OS/c20-17-11-15-16(23)12-18(21-13-7-3-1-4-8-13)22(19(15)24-17)14-9-5-2-6-10-14/h2,5-6,9-13,21H,1,3-4,7-8H2. The maximum atomic E-state index is 12.5. The highest BCUT2D eigenvalue weighted by Gasteiger charge is 2.18. The third-order valence-corrected chi connectivity index (χ3v) is 5.88. The van der Waals surface area contributed by atoms with E-state index in [0.717, 1.165) is 29.2 Å². The maximum absolute atomic E-state index is 12.5. The van der Waals surface area contributed by atoms with Gasteiger partial charge in [0, 0.05) is 17.8 Å². The van der Waals surface area contributed by atoms with Crippen molar-refractivity contribution in [1.29, 1.82) is 0 Å². The second-order valence-electron chi connectivity index (χ2n) is 6.31. The molecule has 0 bridgehead atoms. The molecule has 0 amide bonds. The summed E-state index contributed by atoms with van der Waals surface area (Å²) in [5.41, 5.74) is 1.07. The monoisotopic (exact) mass is 358 g/mol. The molecule has 2 heterocycles. The summed E-state index contributed by atoms with van der Waals surface area (Å²) in [5, 5.41) is 4.30. The molecule has 0 spiro atoms. The summed E-state index contributed by atoms with van der Waals surface area (Å²) in [5.74, 6) is 0.865. The predicted octanol–water partition coefficient (Wildman–Crippen LogP) is 5.45. The van der Waals surface area contributed by atoms with E-state index in [1.54, 1.807) is 12.1 Å². The Bertz CT molecular complexity index is 910. The lowest BCUT2D eigenvalue weighted by Gasteiger charge is -2.26. The Morgan fingerprint density at radius 2 is 1.83 bits per heavy atom. The van der Waals surface area contributed by atoms with Crippen LogP contribution in [0.2, 0.25) is 4.34 Å². The van der Waals surface area contributed by atoms with E-state index in [2.05, 4.69) is 22.0 Å². The van der Waals surface area contributed by atoms with Crippen LogP contribution in [0.25, 0.3) is 15.9 Å². The van der Waals surface area contributed by atoms with Crippen LogP contribution in [0.5, 0.6) is 0 Å². The molecule has 1 aromatic carbocycles. The molecule has 5 heteroatoms. The fourth-order valence-electron chi connectivity index (χ4n) is 3.47. The fourth-order valence-corrected chi connectivity index (χ4v) is 4.72. The van der Waals surface area contributed by atoms with Gasteiger partial charge < -0.3 is 5.32 Å². The first-order chi connectivity index (χ1) is 11.7. The molecular weight excluding hydrogens is 340 g/mol. The largest absolute Gasteiger partial charge is 0.368 e. The molecule has 4 rings (SSSR count). The van der Waals surface area contributed by atoms with E-state index >= 15 is 0 Å². The van der Waals surface area contributed by atoms with Crippen molar-refractivity contribution in [1.82, 2.24) is 4.57 Å². The normalized spacial score (nSPS) is 15.7. The molecule has 1 N–H and O–H groups in total. The lowest BCUT2D eigenvalue weighted by Crippen LogP contribution is -2.25. The molecule has 124 valence electrons. The molecule has 0 atom stereocenters. The van der Waals surface area contributed by atoms with Gasteiger partial charge in [-0.15, -0.1) is 11.3 Å². The first kappa shape index (κ1) is 15.7. The van der Waals surface area contributed by atoms with Gasteiger partial charge in [-0.05, 0) is 31.0 Å². The van der Waals surface area contributed by atoms with Crippen LogP contribution in [0.1, 0.15) is 32.1 Å². The van der Waals surface area contributed by atoms with Gasteiger partial charge in [0.1, 0.15) is 10.6 Å². The summed E-state index contributed by atoms with van der Waals surface area (Å²) in [6.07, 6.45) is 6.13. The summed E-state index contributed by atoms with van der Waals surface area (Å²) >= 11 is 7.66. The van der Waals surface area contributed by atoms with Crippen LogP contribution in [0.4, 0.5) is 5.82 Å². The number of nitrogens with zero attached hydrogens (tertiary/aromatic N) is 1. The third-order valence-electron chi connectivity index (χ3n) is 4.63. The number of hydrogen-bond acceptors (Lipinski definition) is 3. The van der Waals surface area contributed by atoms with E-state index in [1.807, 2.05) is 18.2 Å². The second kappa shape index (κ2) is 6.61. The molecule has 0 saturated heterocycles. The molecule has 0 unspecified atom stereocenters. The number of halogens is 1. The Morgan fingerprint density at radius 1 is 1.08 bits per heavy atom. The lowest BCUT2D eigenvalue weighted by atomic mass is 9.95. The second-order valence-corrected chi connectivity index (χ2v) is 7.98. The van der Waals surface area contributed by atoms with Gasteiger partial charge in [0.2, 0.25) is 0 Å². The van der Waals surface area contributed by atoms with Crippen LogP contribution < -0.4 is 10.7 Å². The number of nitrogens with one attached hydrogen (secondary N) is 1. The van der Waals surface area contributed by atoms with Gasteiger partial charge in [-0.3, -0.25) is 9.36 Å².